The number of carboxylic acids is 1. The number of ether oxygens (including phenoxy) is 1. The topological polar surface area (TPSA) is 72.3 Å². The van der Waals surface area contributed by atoms with Crippen LogP contribution in [0.4, 0.5) is 0 Å². The summed E-state index contributed by atoms with van der Waals surface area (Å²) in [6.45, 7) is 3.93. The SMILES string of the molecule is Cc1ccc(Oc2cnc(C(=O)O)cn2)c(C)c1. The summed E-state index contributed by atoms with van der Waals surface area (Å²) < 4.78 is 5.53. The molecule has 1 aromatic carbocycles. The van der Waals surface area contributed by atoms with Crippen LogP contribution in [0.3, 0.4) is 0 Å². The van der Waals surface area contributed by atoms with E-state index in [2.05, 4.69) is 9.97 Å². The quantitative estimate of drug-likeness (QED) is 0.898. The standard InChI is InChI=1S/C13H12N2O3/c1-8-3-4-11(9(2)5-8)18-12-7-14-10(6-15-12)13(16)17/h3-7H,1-2H3,(H,16,17). The Balaban J connectivity index is 2.21. The minimum atomic E-state index is -1.11. The fraction of sp³-hybridized carbons (Fsp3) is 0.154. The Hall–Kier alpha value is -2.43. The van der Waals surface area contributed by atoms with Gasteiger partial charge in [0.2, 0.25) is 5.88 Å². The van der Waals surface area contributed by atoms with Crippen LogP contribution in [0.25, 0.3) is 0 Å². The number of carbonyl (C=O) groups is 1. The van der Waals surface area contributed by atoms with Gasteiger partial charge in [-0.15, -0.1) is 0 Å². The summed E-state index contributed by atoms with van der Waals surface area (Å²) in [5.74, 6) is -0.162. The second kappa shape index (κ2) is 4.83. The monoisotopic (exact) mass is 244 g/mol. The number of aromatic nitrogens is 2. The molecule has 0 bridgehead atoms. The zero-order valence-corrected chi connectivity index (χ0v) is 10.0. The van der Waals surface area contributed by atoms with Crippen LogP contribution in [0, 0.1) is 13.8 Å². The molecule has 0 aliphatic rings. The van der Waals surface area contributed by atoms with Gasteiger partial charge in [-0.05, 0) is 25.5 Å². The molecule has 0 spiro atoms. The lowest BCUT2D eigenvalue weighted by Crippen LogP contribution is -2.01. The van der Waals surface area contributed by atoms with E-state index >= 15 is 0 Å². The van der Waals surface area contributed by atoms with Gasteiger partial charge in [0.1, 0.15) is 5.75 Å². The number of hydrogen-bond acceptors (Lipinski definition) is 4. The van der Waals surface area contributed by atoms with Crippen molar-refractivity contribution in [1.29, 1.82) is 0 Å². The van der Waals surface area contributed by atoms with Gasteiger partial charge in [0.15, 0.2) is 5.69 Å². The number of carboxylic acid groups (broad SMARTS) is 1. The summed E-state index contributed by atoms with van der Waals surface area (Å²) >= 11 is 0. The van der Waals surface area contributed by atoms with Gasteiger partial charge in [-0.25, -0.2) is 14.8 Å². The molecule has 0 amide bonds. The average molecular weight is 244 g/mol. The second-order valence-corrected chi connectivity index (χ2v) is 3.92. The van der Waals surface area contributed by atoms with E-state index in [0.29, 0.717) is 5.75 Å². The highest BCUT2D eigenvalue weighted by Gasteiger charge is 2.07. The fourth-order valence-corrected chi connectivity index (χ4v) is 1.51. The van der Waals surface area contributed by atoms with Crippen molar-refractivity contribution in [3.05, 3.63) is 47.4 Å². The average Bonchev–Trinajstić information content (AvgIpc) is 2.33. The smallest absolute Gasteiger partial charge is 0.356 e. The normalized spacial score (nSPS) is 10.1. The molecule has 1 heterocycles. The van der Waals surface area contributed by atoms with Crippen molar-refractivity contribution in [3.8, 4) is 11.6 Å². The molecule has 1 aromatic heterocycles. The van der Waals surface area contributed by atoms with Crippen molar-refractivity contribution in [3.63, 3.8) is 0 Å². The van der Waals surface area contributed by atoms with Crippen molar-refractivity contribution in [2.75, 3.05) is 0 Å². The number of aromatic carboxylic acids is 1. The molecule has 5 heteroatoms. The van der Waals surface area contributed by atoms with Crippen molar-refractivity contribution in [2.24, 2.45) is 0 Å². The number of aryl methyl sites for hydroxylation is 2. The molecule has 92 valence electrons. The zero-order chi connectivity index (χ0) is 13.1. The summed E-state index contributed by atoms with van der Waals surface area (Å²) in [6, 6.07) is 5.77. The lowest BCUT2D eigenvalue weighted by atomic mass is 10.1. The summed E-state index contributed by atoms with van der Waals surface area (Å²) in [4.78, 5) is 18.2. The van der Waals surface area contributed by atoms with Gasteiger partial charge in [-0.2, -0.15) is 0 Å². The van der Waals surface area contributed by atoms with Crippen LogP contribution in [0.15, 0.2) is 30.6 Å². The van der Waals surface area contributed by atoms with E-state index in [1.807, 2.05) is 32.0 Å². The molecule has 0 radical (unpaired) electrons. The van der Waals surface area contributed by atoms with Gasteiger partial charge in [-0.3, -0.25) is 0 Å². The minimum absolute atomic E-state index is 0.108. The lowest BCUT2D eigenvalue weighted by Gasteiger charge is -2.07. The highest BCUT2D eigenvalue weighted by molar-refractivity contribution is 5.84. The zero-order valence-electron chi connectivity index (χ0n) is 10.0. The Morgan fingerprint density at radius 2 is 2.00 bits per heavy atom. The maximum Gasteiger partial charge on any atom is 0.356 e. The molecule has 2 aromatic rings. The largest absolute Gasteiger partial charge is 0.476 e. The first kappa shape index (κ1) is 12.0. The molecule has 0 saturated carbocycles. The Labute approximate surface area is 104 Å². The van der Waals surface area contributed by atoms with Gasteiger partial charge < -0.3 is 9.84 Å². The summed E-state index contributed by atoms with van der Waals surface area (Å²) in [5.41, 5.74) is 2.02. The highest BCUT2D eigenvalue weighted by Crippen LogP contribution is 2.23. The van der Waals surface area contributed by atoms with E-state index in [9.17, 15) is 4.79 Å². The first-order valence-electron chi connectivity index (χ1n) is 5.36. The Morgan fingerprint density at radius 3 is 2.56 bits per heavy atom. The molecule has 0 atom stereocenters. The van der Waals surface area contributed by atoms with Crippen molar-refractivity contribution in [1.82, 2.24) is 9.97 Å². The molecule has 0 aliphatic heterocycles. The number of nitrogens with zero attached hydrogens (tertiary/aromatic N) is 2. The maximum absolute atomic E-state index is 10.6. The molecular formula is C13H12N2O3. The van der Waals surface area contributed by atoms with Crippen LogP contribution in [0.5, 0.6) is 11.6 Å². The minimum Gasteiger partial charge on any atom is -0.476 e. The maximum atomic E-state index is 10.6. The Kier molecular flexibility index (Phi) is 3.23. The highest BCUT2D eigenvalue weighted by atomic mass is 16.5. The fourth-order valence-electron chi connectivity index (χ4n) is 1.51. The molecule has 0 aliphatic carbocycles. The Bertz CT molecular complexity index is 579. The molecule has 0 fully saturated rings. The summed E-state index contributed by atoms with van der Waals surface area (Å²) in [5, 5.41) is 8.70. The summed E-state index contributed by atoms with van der Waals surface area (Å²) in [7, 11) is 0. The van der Waals surface area contributed by atoms with E-state index in [1.54, 1.807) is 0 Å². The molecule has 18 heavy (non-hydrogen) atoms. The van der Waals surface area contributed by atoms with Gasteiger partial charge in [0, 0.05) is 0 Å². The molecule has 5 nitrogen and oxygen atoms in total. The molecule has 2 rings (SSSR count). The van der Waals surface area contributed by atoms with Crippen LogP contribution >= 0.6 is 0 Å². The third kappa shape index (κ3) is 2.63. The van der Waals surface area contributed by atoms with E-state index in [-0.39, 0.29) is 11.6 Å². The number of hydrogen-bond donors (Lipinski definition) is 1. The molecule has 1 N–H and O–H groups in total. The third-order valence-electron chi connectivity index (χ3n) is 2.39. The third-order valence-corrected chi connectivity index (χ3v) is 2.39. The lowest BCUT2D eigenvalue weighted by molar-refractivity contribution is 0.0690. The van der Waals surface area contributed by atoms with Crippen LogP contribution < -0.4 is 4.74 Å². The van der Waals surface area contributed by atoms with Crippen LogP contribution in [0.1, 0.15) is 21.6 Å². The van der Waals surface area contributed by atoms with Gasteiger partial charge in [0.25, 0.3) is 0 Å². The number of rotatable bonds is 3. The van der Waals surface area contributed by atoms with E-state index < -0.39 is 5.97 Å². The first-order valence-corrected chi connectivity index (χ1v) is 5.36. The van der Waals surface area contributed by atoms with E-state index in [1.165, 1.54) is 12.4 Å². The van der Waals surface area contributed by atoms with E-state index in [0.717, 1.165) is 11.1 Å². The second-order valence-electron chi connectivity index (χ2n) is 3.92. The predicted molar refractivity (Wildman–Crippen MR) is 65.0 cm³/mol. The van der Waals surface area contributed by atoms with Gasteiger partial charge in [0.05, 0.1) is 12.4 Å². The molecular weight excluding hydrogens is 232 g/mol. The molecule has 0 saturated heterocycles. The van der Waals surface area contributed by atoms with Crippen molar-refractivity contribution < 1.29 is 14.6 Å². The van der Waals surface area contributed by atoms with Crippen molar-refractivity contribution >= 4 is 5.97 Å². The predicted octanol–water partition coefficient (Wildman–Crippen LogP) is 2.58. The summed E-state index contributed by atoms with van der Waals surface area (Å²) in [6.07, 6.45) is 2.46. The molecule has 0 unspecified atom stereocenters. The van der Waals surface area contributed by atoms with Crippen LogP contribution in [-0.4, -0.2) is 21.0 Å². The number of benzene rings is 1. The van der Waals surface area contributed by atoms with Crippen LogP contribution in [-0.2, 0) is 0 Å². The van der Waals surface area contributed by atoms with E-state index in [4.69, 9.17) is 9.84 Å². The van der Waals surface area contributed by atoms with Crippen LogP contribution in [0.2, 0.25) is 0 Å². The van der Waals surface area contributed by atoms with Gasteiger partial charge >= 0.3 is 5.97 Å². The Morgan fingerprint density at radius 1 is 1.22 bits per heavy atom. The van der Waals surface area contributed by atoms with Gasteiger partial charge in [-0.1, -0.05) is 17.7 Å². The van der Waals surface area contributed by atoms with Crippen molar-refractivity contribution in [2.45, 2.75) is 13.8 Å². The first-order chi connectivity index (χ1) is 8.56.